The molecule has 0 radical (unpaired) electrons. The van der Waals surface area contributed by atoms with E-state index in [2.05, 4.69) is 56.6 Å². The average Bonchev–Trinajstić information content (AvgIpc) is 2.56. The molecule has 0 spiro atoms. The van der Waals surface area contributed by atoms with Gasteiger partial charge in [0.1, 0.15) is 0 Å². The molecule has 1 aromatic carbocycles. The van der Waals surface area contributed by atoms with E-state index in [0.29, 0.717) is 10.1 Å². The molecule has 1 rings (SSSR count). The van der Waals surface area contributed by atoms with Gasteiger partial charge in [0.25, 0.3) is 0 Å². The lowest BCUT2D eigenvalue weighted by molar-refractivity contribution is 0.910. The van der Waals surface area contributed by atoms with Crippen LogP contribution in [-0.2, 0) is 0 Å². The van der Waals surface area contributed by atoms with E-state index < -0.39 is 0 Å². The lowest BCUT2D eigenvalue weighted by atomic mass is 10.1. The second kappa shape index (κ2) is 12.7. The highest BCUT2D eigenvalue weighted by Gasteiger charge is 1.97. The second-order valence-corrected chi connectivity index (χ2v) is 7.65. The minimum atomic E-state index is 0.617. The van der Waals surface area contributed by atoms with E-state index in [1.807, 2.05) is 24.3 Å². The van der Waals surface area contributed by atoms with Crippen LogP contribution in [0.5, 0.6) is 0 Å². The summed E-state index contributed by atoms with van der Waals surface area (Å²) >= 11 is 11.2. The van der Waals surface area contributed by atoms with Crippen molar-refractivity contribution in [3.8, 4) is 0 Å². The van der Waals surface area contributed by atoms with E-state index >= 15 is 0 Å². The Kier molecular flexibility index (Phi) is 11.0. The van der Waals surface area contributed by atoms with Crippen molar-refractivity contribution in [1.82, 2.24) is 5.32 Å². The number of rotatable bonds is 9. The Balaban J connectivity index is 2.25. The molecule has 2 N–H and O–H groups in total. The summed E-state index contributed by atoms with van der Waals surface area (Å²) in [6, 6.07) is 7.49. The van der Waals surface area contributed by atoms with Gasteiger partial charge in [0.15, 0.2) is 5.11 Å². The van der Waals surface area contributed by atoms with Crippen molar-refractivity contribution in [3.63, 3.8) is 0 Å². The van der Waals surface area contributed by atoms with Gasteiger partial charge in [-0.1, -0.05) is 46.5 Å². The van der Waals surface area contributed by atoms with Crippen molar-refractivity contribution in [2.24, 2.45) is 0 Å². The van der Waals surface area contributed by atoms with Gasteiger partial charge < -0.3 is 10.6 Å². The van der Waals surface area contributed by atoms with Gasteiger partial charge in [0, 0.05) is 17.3 Å². The van der Waals surface area contributed by atoms with Crippen molar-refractivity contribution >= 4 is 34.6 Å². The molecule has 0 aliphatic carbocycles. The number of hydrogen-bond donors (Lipinski definition) is 2. The first-order valence-corrected chi connectivity index (χ1v) is 9.90. The highest BCUT2D eigenvalue weighted by molar-refractivity contribution is 7.80. The summed E-state index contributed by atoms with van der Waals surface area (Å²) in [5.74, 6) is 0. The highest BCUT2D eigenvalue weighted by Crippen LogP contribution is 2.13. The van der Waals surface area contributed by atoms with Crippen molar-refractivity contribution < 1.29 is 0 Å². The molecular weight excluding hydrogens is 360 g/mol. The van der Waals surface area contributed by atoms with E-state index in [4.69, 9.17) is 23.8 Å². The van der Waals surface area contributed by atoms with Crippen LogP contribution in [0.2, 0.25) is 5.02 Å². The van der Waals surface area contributed by atoms with Crippen LogP contribution in [0.4, 0.5) is 5.69 Å². The Labute approximate surface area is 169 Å². The van der Waals surface area contributed by atoms with E-state index in [-0.39, 0.29) is 0 Å². The van der Waals surface area contributed by atoms with Gasteiger partial charge in [0.2, 0.25) is 0 Å². The van der Waals surface area contributed by atoms with E-state index in [1.165, 1.54) is 16.7 Å². The maximum absolute atomic E-state index is 5.87. The van der Waals surface area contributed by atoms with Crippen molar-refractivity contribution in [2.75, 3.05) is 11.9 Å². The first-order chi connectivity index (χ1) is 12.4. The predicted octanol–water partition coefficient (Wildman–Crippen LogP) is 7.05. The molecule has 0 atom stereocenters. The van der Waals surface area contributed by atoms with Crippen LogP contribution in [0.25, 0.3) is 0 Å². The monoisotopic (exact) mass is 390 g/mol. The van der Waals surface area contributed by atoms with Gasteiger partial charge in [-0.15, -0.1) is 0 Å². The zero-order valence-corrected chi connectivity index (χ0v) is 17.9. The molecule has 26 heavy (non-hydrogen) atoms. The number of anilines is 1. The molecule has 0 aliphatic heterocycles. The normalized spacial score (nSPS) is 11.9. The summed E-state index contributed by atoms with van der Waals surface area (Å²) < 4.78 is 0. The fourth-order valence-electron chi connectivity index (χ4n) is 2.37. The highest BCUT2D eigenvalue weighted by atomic mass is 35.5. The molecule has 0 aliphatic rings. The van der Waals surface area contributed by atoms with Crippen LogP contribution in [-0.4, -0.2) is 11.7 Å². The van der Waals surface area contributed by atoms with Crippen molar-refractivity contribution in [1.29, 1.82) is 0 Å². The Hall–Kier alpha value is -1.58. The molecule has 0 fully saturated rings. The van der Waals surface area contributed by atoms with Crippen molar-refractivity contribution in [3.05, 3.63) is 64.2 Å². The molecule has 0 amide bonds. The smallest absolute Gasteiger partial charge is 0.171 e. The van der Waals surface area contributed by atoms with E-state index in [9.17, 15) is 0 Å². The van der Waals surface area contributed by atoms with Gasteiger partial charge in [-0.2, -0.15) is 0 Å². The van der Waals surface area contributed by atoms with Gasteiger partial charge >= 0.3 is 0 Å². The molecule has 2 nitrogen and oxygen atoms in total. The Morgan fingerprint density at radius 3 is 2.12 bits per heavy atom. The minimum absolute atomic E-state index is 0.617. The van der Waals surface area contributed by atoms with Gasteiger partial charge in [-0.25, -0.2) is 0 Å². The molecular formula is C22H31ClN2S. The molecule has 0 saturated carbocycles. The van der Waals surface area contributed by atoms with Gasteiger partial charge in [-0.3, -0.25) is 0 Å². The summed E-state index contributed by atoms with van der Waals surface area (Å²) in [6.45, 7) is 9.42. The van der Waals surface area contributed by atoms with Gasteiger partial charge in [0.05, 0.1) is 0 Å². The van der Waals surface area contributed by atoms with Crippen LogP contribution in [0.15, 0.2) is 59.2 Å². The summed E-state index contributed by atoms with van der Waals surface area (Å²) in [5.41, 5.74) is 5.18. The molecule has 0 bridgehead atoms. The SMILES string of the molecule is CC(C)=CCC/C(C)=C/CC/C(C)=C/CNC(=S)Nc1ccc(Cl)cc1. The largest absolute Gasteiger partial charge is 0.359 e. The Bertz CT molecular complexity index is 653. The summed E-state index contributed by atoms with van der Waals surface area (Å²) in [4.78, 5) is 0. The zero-order valence-electron chi connectivity index (χ0n) is 16.4. The average molecular weight is 391 g/mol. The number of benzene rings is 1. The summed E-state index contributed by atoms with van der Waals surface area (Å²) in [6.07, 6.45) is 11.3. The number of hydrogen-bond acceptors (Lipinski definition) is 1. The molecule has 142 valence electrons. The second-order valence-electron chi connectivity index (χ2n) is 6.80. The third-order valence-electron chi connectivity index (χ3n) is 3.94. The minimum Gasteiger partial charge on any atom is -0.359 e. The zero-order chi connectivity index (χ0) is 19.4. The maximum atomic E-state index is 5.87. The molecule has 0 heterocycles. The van der Waals surface area contributed by atoms with E-state index in [0.717, 1.165) is 37.9 Å². The van der Waals surface area contributed by atoms with Crippen LogP contribution in [0.1, 0.15) is 53.4 Å². The van der Waals surface area contributed by atoms with Crippen LogP contribution in [0.3, 0.4) is 0 Å². The predicted molar refractivity (Wildman–Crippen MR) is 121 cm³/mol. The number of thiocarbonyl (C=S) groups is 1. The first-order valence-electron chi connectivity index (χ1n) is 9.12. The molecule has 0 unspecified atom stereocenters. The lowest BCUT2D eigenvalue weighted by Crippen LogP contribution is -2.28. The third-order valence-corrected chi connectivity index (χ3v) is 4.44. The summed E-state index contributed by atoms with van der Waals surface area (Å²) in [5, 5.41) is 7.68. The third kappa shape index (κ3) is 11.1. The van der Waals surface area contributed by atoms with E-state index in [1.54, 1.807) is 0 Å². The number of allylic oxidation sites excluding steroid dienone is 5. The molecule has 0 saturated heterocycles. The number of nitrogens with one attached hydrogen (secondary N) is 2. The molecule has 1 aromatic rings. The first kappa shape index (κ1) is 22.5. The Morgan fingerprint density at radius 2 is 1.50 bits per heavy atom. The van der Waals surface area contributed by atoms with Crippen LogP contribution >= 0.6 is 23.8 Å². The lowest BCUT2D eigenvalue weighted by Gasteiger charge is -2.09. The van der Waals surface area contributed by atoms with Crippen LogP contribution in [0, 0.1) is 0 Å². The maximum Gasteiger partial charge on any atom is 0.171 e. The topological polar surface area (TPSA) is 24.1 Å². The Morgan fingerprint density at radius 1 is 0.923 bits per heavy atom. The number of halogens is 1. The molecule has 0 aromatic heterocycles. The standard InChI is InChI=1S/C22H31ClN2S/c1-17(2)7-5-8-18(3)9-6-10-19(4)15-16-24-22(26)25-21-13-11-20(23)12-14-21/h7,9,11-15H,5-6,8,10,16H2,1-4H3,(H2,24,25,26)/b18-9+,19-15+. The fourth-order valence-corrected chi connectivity index (χ4v) is 2.69. The van der Waals surface area contributed by atoms with Crippen LogP contribution < -0.4 is 10.6 Å². The fraction of sp³-hybridized carbons (Fsp3) is 0.409. The van der Waals surface area contributed by atoms with Gasteiger partial charge in [-0.05, 0) is 89.9 Å². The quantitative estimate of drug-likeness (QED) is 0.349. The summed E-state index contributed by atoms with van der Waals surface area (Å²) in [7, 11) is 0. The van der Waals surface area contributed by atoms with Crippen molar-refractivity contribution in [2.45, 2.75) is 53.4 Å². The molecule has 4 heteroatoms.